The Morgan fingerprint density at radius 1 is 0.900 bits per heavy atom. The molecule has 1 aliphatic rings. The van der Waals surface area contributed by atoms with Gasteiger partial charge in [-0.1, -0.05) is 47.6 Å². The maximum atomic E-state index is 11.6. The summed E-state index contributed by atoms with van der Waals surface area (Å²) in [6.45, 7) is 13.8. The minimum absolute atomic E-state index is 0.0633. The maximum absolute atomic E-state index is 11.6. The lowest BCUT2D eigenvalue weighted by Gasteiger charge is -2.32. The van der Waals surface area contributed by atoms with Crippen molar-refractivity contribution >= 4 is 6.29 Å². The molecule has 3 heteroatoms. The van der Waals surface area contributed by atoms with Crippen molar-refractivity contribution in [2.75, 3.05) is 13.2 Å². The summed E-state index contributed by atoms with van der Waals surface area (Å²) in [5.41, 5.74) is 2.56. The third-order valence-corrected chi connectivity index (χ3v) is 3.58. The van der Waals surface area contributed by atoms with E-state index in [0.717, 1.165) is 23.2 Å². The van der Waals surface area contributed by atoms with Crippen molar-refractivity contribution in [1.82, 2.24) is 0 Å². The van der Waals surface area contributed by atoms with Gasteiger partial charge in [-0.3, -0.25) is 4.79 Å². The van der Waals surface area contributed by atoms with Gasteiger partial charge in [0, 0.05) is 5.56 Å². The van der Waals surface area contributed by atoms with Gasteiger partial charge in [-0.15, -0.1) is 0 Å². The van der Waals surface area contributed by atoms with E-state index in [9.17, 15) is 4.79 Å². The largest absolute Gasteiger partial charge is 0.486 e. The maximum Gasteiger partial charge on any atom is 0.172 e. The molecule has 0 radical (unpaired) electrons. The van der Waals surface area contributed by atoms with Crippen molar-refractivity contribution in [3.05, 3.63) is 22.8 Å². The number of carbonyl (C=O) groups excluding carboxylic acids is 1. The number of benzene rings is 1. The molecule has 0 aromatic heterocycles. The molecule has 2 rings (SSSR count). The molecule has 20 heavy (non-hydrogen) atoms. The monoisotopic (exact) mass is 276 g/mol. The van der Waals surface area contributed by atoms with E-state index in [-0.39, 0.29) is 10.8 Å². The number of aldehydes is 1. The van der Waals surface area contributed by atoms with Crippen molar-refractivity contribution in [2.24, 2.45) is 0 Å². The second kappa shape index (κ2) is 4.80. The molecule has 0 N–H and O–H groups in total. The number of carbonyl (C=O) groups is 1. The predicted octanol–water partition coefficient (Wildman–Crippen LogP) is 3.87. The van der Waals surface area contributed by atoms with Crippen LogP contribution < -0.4 is 9.47 Å². The topological polar surface area (TPSA) is 35.5 Å². The molecule has 0 fully saturated rings. The van der Waals surface area contributed by atoms with Crippen LogP contribution in [0.5, 0.6) is 11.5 Å². The zero-order chi connectivity index (χ0) is 15.1. The molecule has 1 aromatic rings. The fraction of sp³-hybridized carbons (Fsp3) is 0.588. The summed E-state index contributed by atoms with van der Waals surface area (Å²) in [7, 11) is 0. The molecule has 1 aromatic carbocycles. The molecule has 1 heterocycles. The Kier molecular flexibility index (Phi) is 3.57. The molecule has 0 saturated heterocycles. The number of ether oxygens (including phenoxy) is 2. The second-order valence-electron chi connectivity index (χ2n) is 7.36. The number of hydrogen-bond acceptors (Lipinski definition) is 3. The average Bonchev–Trinajstić information content (AvgIpc) is 2.34. The molecule has 0 spiro atoms. The zero-order valence-corrected chi connectivity index (χ0v) is 13.3. The summed E-state index contributed by atoms with van der Waals surface area (Å²) in [6.07, 6.45) is 0.889. The number of rotatable bonds is 1. The normalized spacial score (nSPS) is 15.1. The Morgan fingerprint density at radius 3 is 1.85 bits per heavy atom. The van der Waals surface area contributed by atoms with Crippen LogP contribution in [0.4, 0.5) is 0 Å². The average molecular weight is 276 g/mol. The molecular weight excluding hydrogens is 252 g/mol. The molecule has 0 atom stereocenters. The van der Waals surface area contributed by atoms with Crippen molar-refractivity contribution in [3.63, 3.8) is 0 Å². The Balaban J connectivity index is 2.81. The molecular formula is C17H24O3. The van der Waals surface area contributed by atoms with Crippen molar-refractivity contribution in [3.8, 4) is 11.5 Å². The lowest BCUT2D eigenvalue weighted by atomic mass is 9.77. The predicted molar refractivity (Wildman–Crippen MR) is 80.2 cm³/mol. The van der Waals surface area contributed by atoms with Crippen molar-refractivity contribution in [1.29, 1.82) is 0 Å². The highest BCUT2D eigenvalue weighted by molar-refractivity contribution is 5.85. The first-order valence-corrected chi connectivity index (χ1v) is 7.09. The summed E-state index contributed by atoms with van der Waals surface area (Å²) < 4.78 is 11.6. The van der Waals surface area contributed by atoms with Crippen LogP contribution in [0.15, 0.2) is 6.07 Å². The minimum Gasteiger partial charge on any atom is -0.486 e. The molecule has 0 aliphatic carbocycles. The summed E-state index contributed by atoms with van der Waals surface area (Å²) in [5, 5.41) is 0. The van der Waals surface area contributed by atoms with Gasteiger partial charge in [-0.25, -0.2) is 0 Å². The molecule has 0 saturated carbocycles. The van der Waals surface area contributed by atoms with Crippen molar-refractivity contribution < 1.29 is 14.3 Å². The van der Waals surface area contributed by atoms with Gasteiger partial charge in [0.05, 0.1) is 5.56 Å². The Morgan fingerprint density at radius 2 is 1.40 bits per heavy atom. The van der Waals surface area contributed by atoms with E-state index < -0.39 is 0 Å². The first kappa shape index (κ1) is 14.9. The van der Waals surface area contributed by atoms with Crippen LogP contribution >= 0.6 is 0 Å². The minimum atomic E-state index is -0.119. The van der Waals surface area contributed by atoms with Crippen LogP contribution in [0, 0.1) is 0 Å². The van der Waals surface area contributed by atoms with Gasteiger partial charge in [-0.05, 0) is 16.4 Å². The molecule has 0 bridgehead atoms. The fourth-order valence-electron chi connectivity index (χ4n) is 2.52. The standard InChI is InChI=1S/C17H24O3/c1-16(2,3)12-9-13(17(4,5)6)15-14(11(12)10-18)19-7-8-20-15/h9-10H,7-8H2,1-6H3. The highest BCUT2D eigenvalue weighted by Crippen LogP contribution is 2.46. The molecule has 3 nitrogen and oxygen atoms in total. The molecule has 0 amide bonds. The van der Waals surface area contributed by atoms with E-state index in [0.29, 0.717) is 24.5 Å². The fourth-order valence-corrected chi connectivity index (χ4v) is 2.52. The molecule has 1 aliphatic heterocycles. The van der Waals surface area contributed by atoms with Gasteiger partial charge >= 0.3 is 0 Å². The SMILES string of the molecule is CC(C)(C)c1cc(C(C)(C)C)c2c(c1C=O)OCCO2. The van der Waals surface area contributed by atoms with E-state index in [1.807, 2.05) is 0 Å². The van der Waals surface area contributed by atoms with Gasteiger partial charge in [0.1, 0.15) is 13.2 Å². The summed E-state index contributed by atoms with van der Waals surface area (Å²) in [6, 6.07) is 2.11. The lowest BCUT2D eigenvalue weighted by molar-refractivity contribution is 0.110. The Bertz CT molecular complexity index is 531. The second-order valence-corrected chi connectivity index (χ2v) is 7.36. The molecule has 0 unspecified atom stereocenters. The van der Waals surface area contributed by atoms with Crippen LogP contribution in [-0.2, 0) is 10.8 Å². The van der Waals surface area contributed by atoms with Crippen LogP contribution in [0.1, 0.15) is 63.0 Å². The first-order valence-electron chi connectivity index (χ1n) is 7.09. The van der Waals surface area contributed by atoms with Crippen molar-refractivity contribution in [2.45, 2.75) is 52.4 Å². The van der Waals surface area contributed by atoms with Crippen LogP contribution in [0.2, 0.25) is 0 Å². The highest BCUT2D eigenvalue weighted by atomic mass is 16.6. The third-order valence-electron chi connectivity index (χ3n) is 3.58. The third kappa shape index (κ3) is 2.54. The number of hydrogen-bond donors (Lipinski definition) is 0. The number of fused-ring (bicyclic) bond motifs is 1. The quantitative estimate of drug-likeness (QED) is 0.730. The summed E-state index contributed by atoms with van der Waals surface area (Å²) >= 11 is 0. The van der Waals surface area contributed by atoms with Gasteiger partial charge in [0.2, 0.25) is 0 Å². The van der Waals surface area contributed by atoms with Gasteiger partial charge in [0.15, 0.2) is 17.8 Å². The van der Waals surface area contributed by atoms with E-state index in [4.69, 9.17) is 9.47 Å². The zero-order valence-electron chi connectivity index (χ0n) is 13.3. The van der Waals surface area contributed by atoms with E-state index in [1.165, 1.54) is 0 Å². The van der Waals surface area contributed by atoms with Gasteiger partial charge in [-0.2, -0.15) is 0 Å². The van der Waals surface area contributed by atoms with Gasteiger partial charge < -0.3 is 9.47 Å². The summed E-state index contributed by atoms with van der Waals surface area (Å²) in [4.78, 5) is 11.6. The Labute approximate surface area is 121 Å². The summed E-state index contributed by atoms with van der Waals surface area (Å²) in [5.74, 6) is 1.35. The van der Waals surface area contributed by atoms with E-state index in [1.54, 1.807) is 0 Å². The van der Waals surface area contributed by atoms with Crippen LogP contribution in [0.25, 0.3) is 0 Å². The van der Waals surface area contributed by atoms with E-state index >= 15 is 0 Å². The van der Waals surface area contributed by atoms with Gasteiger partial charge in [0.25, 0.3) is 0 Å². The smallest absolute Gasteiger partial charge is 0.172 e. The first-order chi connectivity index (χ1) is 9.16. The highest BCUT2D eigenvalue weighted by Gasteiger charge is 2.32. The van der Waals surface area contributed by atoms with E-state index in [2.05, 4.69) is 47.6 Å². The molecule has 110 valence electrons. The van der Waals surface area contributed by atoms with Crippen LogP contribution in [-0.4, -0.2) is 19.5 Å². The van der Waals surface area contributed by atoms with Crippen LogP contribution in [0.3, 0.4) is 0 Å². The lowest BCUT2D eigenvalue weighted by Crippen LogP contribution is -2.25. The Hall–Kier alpha value is -1.51.